The molecule has 38 heavy (non-hydrogen) atoms. The molecule has 19 heteroatoms. The second-order valence-electron chi connectivity index (χ2n) is 8.69. The van der Waals surface area contributed by atoms with E-state index in [1.54, 1.807) is 0 Å². The Labute approximate surface area is 216 Å². The smallest absolute Gasteiger partial charge is 0.469 e. The average Bonchev–Trinajstić information content (AvgIpc) is 2.79. The molecule has 9 N–H and O–H groups in total. The molecule has 0 aliphatic carbocycles. The molecule has 0 aromatic carbocycles. The Morgan fingerprint density at radius 2 is 1.53 bits per heavy atom. The van der Waals surface area contributed by atoms with E-state index in [0.717, 1.165) is 20.8 Å². The van der Waals surface area contributed by atoms with E-state index >= 15 is 0 Å². The van der Waals surface area contributed by atoms with Gasteiger partial charge in [-0.15, -0.1) is 0 Å². The van der Waals surface area contributed by atoms with Crippen molar-refractivity contribution in [1.29, 1.82) is 0 Å². The number of ether oxygens (including phenoxy) is 4. The van der Waals surface area contributed by atoms with Crippen LogP contribution in [-0.2, 0) is 42.4 Å². The van der Waals surface area contributed by atoms with Crippen LogP contribution in [0.15, 0.2) is 0 Å². The highest BCUT2D eigenvalue weighted by molar-refractivity contribution is 7.46. The van der Waals surface area contributed by atoms with Gasteiger partial charge in [0, 0.05) is 13.8 Å². The third-order valence-electron chi connectivity index (χ3n) is 5.69. The van der Waals surface area contributed by atoms with E-state index in [4.69, 9.17) is 28.7 Å². The van der Waals surface area contributed by atoms with Crippen molar-refractivity contribution in [3.63, 3.8) is 0 Å². The zero-order valence-electron chi connectivity index (χ0n) is 20.5. The Hall–Kier alpha value is -1.80. The van der Waals surface area contributed by atoms with Gasteiger partial charge in [-0.05, 0) is 6.92 Å². The number of rotatable bonds is 11. The molecule has 11 atom stereocenters. The fraction of sp³-hybridized carbons (Fsp3) is 0.842. The second-order valence-corrected chi connectivity index (χ2v) is 9.93. The fourth-order valence-corrected chi connectivity index (χ4v) is 4.32. The van der Waals surface area contributed by atoms with Crippen molar-refractivity contribution in [2.24, 2.45) is 0 Å². The first-order valence-corrected chi connectivity index (χ1v) is 12.8. The number of carbonyl (C=O) groups excluding carboxylic acids is 2. The van der Waals surface area contributed by atoms with E-state index in [-0.39, 0.29) is 0 Å². The molecule has 2 heterocycles. The molecule has 0 bridgehead atoms. The predicted octanol–water partition coefficient (Wildman–Crippen LogP) is -4.50. The van der Waals surface area contributed by atoms with Crippen LogP contribution in [0.3, 0.4) is 0 Å². The molecule has 0 aromatic rings. The van der Waals surface area contributed by atoms with Crippen molar-refractivity contribution in [3.05, 3.63) is 0 Å². The minimum Gasteiger partial charge on any atom is -0.479 e. The maximum Gasteiger partial charge on any atom is 0.469 e. The molecule has 1 unspecified atom stereocenters. The molecule has 2 fully saturated rings. The first kappa shape index (κ1) is 32.4. The number of aliphatic hydroxyl groups excluding tert-OH is 4. The number of hydrogen-bond acceptors (Lipinski definition) is 13. The SMILES string of the molecule is CC(=O)N[C@H]1[C@H](O[C@H]2[C@H](O)[C@@H](NC(C)=O)C(O)O[C@@H]2CO)O[C@H](COP(=O)(O)O)[C@@H](O)[C@@H]1O[C@H](C)C(=O)O. The number of phosphoric ester groups is 1. The van der Waals surface area contributed by atoms with E-state index < -0.39 is 106 Å². The van der Waals surface area contributed by atoms with Crippen molar-refractivity contribution in [2.45, 2.75) is 88.2 Å². The molecule has 2 saturated heterocycles. The van der Waals surface area contributed by atoms with Gasteiger partial charge in [-0.3, -0.25) is 14.1 Å². The maximum absolute atomic E-state index is 12.0. The molecule has 0 spiro atoms. The maximum atomic E-state index is 12.0. The van der Waals surface area contributed by atoms with Gasteiger partial charge >= 0.3 is 13.8 Å². The third kappa shape index (κ3) is 8.60. The Morgan fingerprint density at radius 1 is 0.947 bits per heavy atom. The standard InChI is InChI=1S/C19H33N2O16P/c1-6(17(27)28)34-16-12(21-8(3)24)19(36-10(13(16)25)5-33-38(30,31)32)37-15-9(4-22)35-18(29)11(14(15)26)20-7(2)23/h6,9-16,18-19,22,25-26,29H,4-5H2,1-3H3,(H,20,23)(H,21,24)(H,27,28)(H2,30,31,32)/t6-,9-,10-,11-,12-,13-,14-,15-,16-,18?,19+/m1/s1. The normalized spacial score (nSPS) is 36.8. The number of hydrogen-bond donors (Lipinski definition) is 9. The Morgan fingerprint density at radius 3 is 2.03 bits per heavy atom. The van der Waals surface area contributed by atoms with Crippen LogP contribution in [-0.4, -0.2) is 134 Å². The van der Waals surface area contributed by atoms with E-state index in [2.05, 4.69) is 15.2 Å². The quantitative estimate of drug-likeness (QED) is 0.105. The summed E-state index contributed by atoms with van der Waals surface area (Å²) in [5.41, 5.74) is 0. The lowest BCUT2D eigenvalue weighted by Gasteiger charge is -2.48. The lowest BCUT2D eigenvalue weighted by atomic mass is 9.94. The third-order valence-corrected chi connectivity index (χ3v) is 6.18. The predicted molar refractivity (Wildman–Crippen MR) is 119 cm³/mol. The Balaban J connectivity index is 2.45. The van der Waals surface area contributed by atoms with Crippen LogP contribution in [0.4, 0.5) is 0 Å². The van der Waals surface area contributed by atoms with E-state index in [9.17, 15) is 44.5 Å². The largest absolute Gasteiger partial charge is 0.479 e. The van der Waals surface area contributed by atoms with Gasteiger partial charge in [0.05, 0.1) is 13.2 Å². The van der Waals surface area contributed by atoms with E-state index in [0.29, 0.717) is 0 Å². The summed E-state index contributed by atoms with van der Waals surface area (Å²) in [5, 5.41) is 55.5. The van der Waals surface area contributed by atoms with Gasteiger partial charge in [-0.1, -0.05) is 0 Å². The molecule has 0 radical (unpaired) electrons. The molecule has 2 aliphatic heterocycles. The van der Waals surface area contributed by atoms with Gasteiger partial charge in [0.25, 0.3) is 0 Å². The topological polar surface area (TPSA) is 280 Å². The molecule has 18 nitrogen and oxygen atoms in total. The highest BCUT2D eigenvalue weighted by Crippen LogP contribution is 2.38. The van der Waals surface area contributed by atoms with Crippen LogP contribution in [0.2, 0.25) is 0 Å². The summed E-state index contributed by atoms with van der Waals surface area (Å²) in [4.78, 5) is 53.0. The molecule has 220 valence electrons. The van der Waals surface area contributed by atoms with Gasteiger partial charge < -0.3 is 64.9 Å². The number of carboxylic acid groups (broad SMARTS) is 1. The number of phosphoric acid groups is 1. The Kier molecular flexibility index (Phi) is 11.5. The monoisotopic (exact) mass is 576 g/mol. The summed E-state index contributed by atoms with van der Waals surface area (Å²) in [6.45, 7) is 1.53. The number of aliphatic carboxylic acids is 1. The molecule has 2 amide bonds. The summed E-state index contributed by atoms with van der Waals surface area (Å²) in [6.07, 6.45) is -14.9. The molecule has 2 rings (SSSR count). The fourth-order valence-electron chi connectivity index (χ4n) is 3.98. The lowest BCUT2D eigenvalue weighted by molar-refractivity contribution is -0.331. The minimum absolute atomic E-state index is 0.656. The minimum atomic E-state index is -5.07. The first-order valence-electron chi connectivity index (χ1n) is 11.3. The first-order chi connectivity index (χ1) is 17.5. The second kappa shape index (κ2) is 13.5. The highest BCUT2D eigenvalue weighted by Gasteiger charge is 2.53. The van der Waals surface area contributed by atoms with Gasteiger partial charge in [0.1, 0.15) is 48.7 Å². The lowest BCUT2D eigenvalue weighted by Crippen LogP contribution is -2.69. The van der Waals surface area contributed by atoms with Crippen molar-refractivity contribution in [1.82, 2.24) is 10.6 Å². The molecule has 0 aromatic heterocycles. The van der Waals surface area contributed by atoms with Crippen molar-refractivity contribution >= 4 is 25.6 Å². The molecular weight excluding hydrogens is 543 g/mol. The van der Waals surface area contributed by atoms with Gasteiger partial charge in [0.15, 0.2) is 18.7 Å². The highest BCUT2D eigenvalue weighted by atomic mass is 31.2. The zero-order chi connectivity index (χ0) is 28.9. The van der Waals surface area contributed by atoms with Crippen molar-refractivity contribution < 1.29 is 77.7 Å². The number of nitrogens with one attached hydrogen (secondary N) is 2. The van der Waals surface area contributed by atoms with Gasteiger partial charge in [0.2, 0.25) is 11.8 Å². The van der Waals surface area contributed by atoms with Crippen molar-refractivity contribution in [2.75, 3.05) is 13.2 Å². The van der Waals surface area contributed by atoms with Gasteiger partial charge in [-0.25, -0.2) is 9.36 Å². The van der Waals surface area contributed by atoms with Crippen LogP contribution >= 0.6 is 7.82 Å². The number of carbonyl (C=O) groups is 3. The van der Waals surface area contributed by atoms with Crippen LogP contribution in [0.5, 0.6) is 0 Å². The van der Waals surface area contributed by atoms with E-state index in [1.807, 2.05) is 0 Å². The van der Waals surface area contributed by atoms with Crippen LogP contribution in [0, 0.1) is 0 Å². The molecule has 2 aliphatic rings. The van der Waals surface area contributed by atoms with E-state index in [1.165, 1.54) is 0 Å². The zero-order valence-corrected chi connectivity index (χ0v) is 21.4. The summed E-state index contributed by atoms with van der Waals surface area (Å²) in [6, 6.07) is -2.94. The van der Waals surface area contributed by atoms with Crippen LogP contribution in [0.25, 0.3) is 0 Å². The number of aliphatic hydroxyl groups is 4. The van der Waals surface area contributed by atoms with Gasteiger partial charge in [-0.2, -0.15) is 0 Å². The summed E-state index contributed by atoms with van der Waals surface area (Å²) < 4.78 is 37.6. The summed E-state index contributed by atoms with van der Waals surface area (Å²) in [7, 11) is -5.07. The summed E-state index contributed by atoms with van der Waals surface area (Å²) >= 11 is 0. The Bertz CT molecular complexity index is 887. The van der Waals surface area contributed by atoms with Crippen molar-refractivity contribution in [3.8, 4) is 0 Å². The molecule has 0 saturated carbocycles. The van der Waals surface area contributed by atoms with Crippen LogP contribution < -0.4 is 10.6 Å². The van der Waals surface area contributed by atoms with Crippen LogP contribution in [0.1, 0.15) is 20.8 Å². The number of carboxylic acids is 1. The number of amides is 2. The summed E-state index contributed by atoms with van der Waals surface area (Å²) in [5.74, 6) is -2.82. The average molecular weight is 576 g/mol. The molecular formula is C19H33N2O16P.